The standard InChI is InChI=1S/C16H21N5O2/c1-10-5-23-6-12(10)15(22)21-8-16(9-21)7-20(3)4-13(16)14-17-11(2)18-19-14/h5-6,13H,4,7-9H2,1-3H3,(H,17,18,19). The molecule has 0 aromatic carbocycles. The van der Waals surface area contributed by atoms with Crippen LogP contribution in [-0.4, -0.2) is 64.1 Å². The van der Waals surface area contributed by atoms with E-state index < -0.39 is 0 Å². The van der Waals surface area contributed by atoms with E-state index in [9.17, 15) is 4.79 Å². The zero-order valence-electron chi connectivity index (χ0n) is 13.7. The van der Waals surface area contributed by atoms with Crippen LogP contribution < -0.4 is 0 Å². The molecule has 0 bridgehead atoms. The quantitative estimate of drug-likeness (QED) is 0.900. The Morgan fingerprint density at radius 3 is 2.74 bits per heavy atom. The Morgan fingerprint density at radius 2 is 2.13 bits per heavy atom. The summed E-state index contributed by atoms with van der Waals surface area (Å²) >= 11 is 0. The van der Waals surface area contributed by atoms with E-state index in [-0.39, 0.29) is 17.2 Å². The topological polar surface area (TPSA) is 78.3 Å². The molecule has 2 aliphatic rings. The van der Waals surface area contributed by atoms with Gasteiger partial charge in [-0.3, -0.25) is 9.89 Å². The van der Waals surface area contributed by atoms with Crippen molar-refractivity contribution >= 4 is 5.91 Å². The fraction of sp³-hybridized carbons (Fsp3) is 0.562. The maximum Gasteiger partial charge on any atom is 0.257 e. The van der Waals surface area contributed by atoms with Crippen molar-refractivity contribution in [3.8, 4) is 0 Å². The highest BCUT2D eigenvalue weighted by Gasteiger charge is 2.56. The van der Waals surface area contributed by atoms with E-state index in [1.54, 1.807) is 12.5 Å². The lowest BCUT2D eigenvalue weighted by molar-refractivity contribution is 0.00291. The number of likely N-dealkylation sites (N-methyl/N-ethyl adjacent to an activating group) is 1. The molecular formula is C16H21N5O2. The summed E-state index contributed by atoms with van der Waals surface area (Å²) in [6, 6.07) is 0. The predicted molar refractivity (Wildman–Crippen MR) is 83.1 cm³/mol. The smallest absolute Gasteiger partial charge is 0.257 e. The number of H-pyrrole nitrogens is 1. The van der Waals surface area contributed by atoms with E-state index in [1.807, 2.05) is 18.7 Å². The first kappa shape index (κ1) is 14.4. The summed E-state index contributed by atoms with van der Waals surface area (Å²) < 4.78 is 5.13. The van der Waals surface area contributed by atoms with Crippen LogP contribution >= 0.6 is 0 Å². The van der Waals surface area contributed by atoms with Crippen molar-refractivity contribution in [1.82, 2.24) is 25.0 Å². The van der Waals surface area contributed by atoms with Crippen LogP contribution in [0.2, 0.25) is 0 Å². The number of aryl methyl sites for hydroxylation is 2. The van der Waals surface area contributed by atoms with Crippen LogP contribution in [0.25, 0.3) is 0 Å². The van der Waals surface area contributed by atoms with E-state index in [0.29, 0.717) is 5.56 Å². The number of likely N-dealkylation sites (tertiary alicyclic amines) is 2. The summed E-state index contributed by atoms with van der Waals surface area (Å²) in [5.41, 5.74) is 1.62. The molecule has 23 heavy (non-hydrogen) atoms. The summed E-state index contributed by atoms with van der Waals surface area (Å²) in [5, 5.41) is 7.30. The van der Waals surface area contributed by atoms with Gasteiger partial charge in [0.15, 0.2) is 5.82 Å². The van der Waals surface area contributed by atoms with Gasteiger partial charge in [0.2, 0.25) is 0 Å². The Bertz CT molecular complexity index is 743. The highest BCUT2D eigenvalue weighted by Crippen LogP contribution is 2.48. The normalized spacial score (nSPS) is 23.4. The van der Waals surface area contributed by atoms with Gasteiger partial charge in [-0.15, -0.1) is 0 Å². The summed E-state index contributed by atoms with van der Waals surface area (Å²) in [4.78, 5) is 21.3. The highest BCUT2D eigenvalue weighted by molar-refractivity contribution is 5.95. The average Bonchev–Trinajstić information content (AvgIpc) is 3.15. The largest absolute Gasteiger partial charge is 0.471 e. The molecule has 1 unspecified atom stereocenters. The van der Waals surface area contributed by atoms with E-state index in [0.717, 1.165) is 43.4 Å². The second-order valence-electron chi connectivity index (χ2n) is 7.02. The number of nitrogens with one attached hydrogen (secondary N) is 1. The molecular weight excluding hydrogens is 294 g/mol. The third-order valence-corrected chi connectivity index (χ3v) is 5.13. The molecule has 2 aromatic heterocycles. The van der Waals surface area contributed by atoms with Crippen LogP contribution in [0.1, 0.15) is 33.5 Å². The number of nitrogens with zero attached hydrogens (tertiary/aromatic N) is 4. The molecule has 2 fully saturated rings. The molecule has 1 spiro atoms. The number of carbonyl (C=O) groups excluding carboxylic acids is 1. The third kappa shape index (κ3) is 2.18. The summed E-state index contributed by atoms with van der Waals surface area (Å²) in [5.74, 6) is 2.04. The molecule has 4 heterocycles. The third-order valence-electron chi connectivity index (χ3n) is 5.13. The SMILES string of the molecule is Cc1nc(C2CN(C)CC23CN(C(=O)c2cocc2C)C3)n[nH]1. The Balaban J connectivity index is 1.54. The van der Waals surface area contributed by atoms with Crippen LogP contribution in [-0.2, 0) is 0 Å². The van der Waals surface area contributed by atoms with Crippen molar-refractivity contribution in [1.29, 1.82) is 0 Å². The van der Waals surface area contributed by atoms with Gasteiger partial charge >= 0.3 is 0 Å². The summed E-state index contributed by atoms with van der Waals surface area (Å²) in [7, 11) is 2.12. The van der Waals surface area contributed by atoms with Crippen LogP contribution in [0.3, 0.4) is 0 Å². The Morgan fingerprint density at radius 1 is 1.35 bits per heavy atom. The van der Waals surface area contributed by atoms with Crippen LogP contribution in [0.4, 0.5) is 0 Å². The fourth-order valence-electron chi connectivity index (χ4n) is 4.02. The number of amides is 1. The van der Waals surface area contributed by atoms with E-state index in [1.165, 1.54) is 0 Å². The Labute approximate surface area is 134 Å². The van der Waals surface area contributed by atoms with Gasteiger partial charge in [-0.1, -0.05) is 0 Å². The van der Waals surface area contributed by atoms with Gasteiger partial charge in [-0.2, -0.15) is 5.10 Å². The minimum atomic E-state index is 0.0568. The number of hydrogen-bond acceptors (Lipinski definition) is 5. The maximum atomic E-state index is 12.6. The molecule has 0 aliphatic carbocycles. The summed E-state index contributed by atoms with van der Waals surface area (Å²) in [6.07, 6.45) is 3.16. The number of carbonyl (C=O) groups is 1. The minimum absolute atomic E-state index is 0.0568. The lowest BCUT2D eigenvalue weighted by Crippen LogP contribution is -2.61. The van der Waals surface area contributed by atoms with Gasteiger partial charge in [0.1, 0.15) is 12.1 Å². The van der Waals surface area contributed by atoms with E-state index in [4.69, 9.17) is 4.42 Å². The van der Waals surface area contributed by atoms with Crippen LogP contribution in [0.5, 0.6) is 0 Å². The minimum Gasteiger partial charge on any atom is -0.471 e. The number of hydrogen-bond donors (Lipinski definition) is 1. The van der Waals surface area contributed by atoms with Gasteiger partial charge in [-0.05, 0) is 26.5 Å². The lowest BCUT2D eigenvalue weighted by atomic mass is 9.71. The average molecular weight is 315 g/mol. The zero-order valence-corrected chi connectivity index (χ0v) is 13.7. The van der Waals surface area contributed by atoms with Crippen molar-refractivity contribution in [2.24, 2.45) is 5.41 Å². The molecule has 7 nitrogen and oxygen atoms in total. The van der Waals surface area contributed by atoms with Crippen molar-refractivity contribution < 1.29 is 9.21 Å². The molecule has 7 heteroatoms. The Hall–Kier alpha value is -2.15. The van der Waals surface area contributed by atoms with Gasteiger partial charge in [-0.25, -0.2) is 4.98 Å². The van der Waals surface area contributed by atoms with E-state index in [2.05, 4.69) is 27.1 Å². The summed E-state index contributed by atoms with van der Waals surface area (Å²) in [6.45, 7) is 7.22. The van der Waals surface area contributed by atoms with Crippen LogP contribution in [0, 0.1) is 19.3 Å². The van der Waals surface area contributed by atoms with Gasteiger partial charge in [0.05, 0.1) is 11.8 Å². The fourth-order valence-corrected chi connectivity index (χ4v) is 4.02. The van der Waals surface area contributed by atoms with Gasteiger partial charge in [0, 0.05) is 37.5 Å². The number of aromatic nitrogens is 3. The van der Waals surface area contributed by atoms with Crippen LogP contribution in [0.15, 0.2) is 16.9 Å². The van der Waals surface area contributed by atoms with Crippen molar-refractivity contribution in [2.75, 3.05) is 33.2 Å². The van der Waals surface area contributed by atoms with Gasteiger partial charge < -0.3 is 14.2 Å². The lowest BCUT2D eigenvalue weighted by Gasteiger charge is -2.50. The molecule has 4 rings (SSSR count). The monoisotopic (exact) mass is 315 g/mol. The first-order chi connectivity index (χ1) is 11.0. The number of rotatable bonds is 2. The molecule has 2 aliphatic heterocycles. The first-order valence-corrected chi connectivity index (χ1v) is 7.88. The zero-order chi connectivity index (χ0) is 16.2. The number of furan rings is 1. The molecule has 122 valence electrons. The van der Waals surface area contributed by atoms with Gasteiger partial charge in [0.25, 0.3) is 5.91 Å². The van der Waals surface area contributed by atoms with Crippen molar-refractivity contribution in [3.05, 3.63) is 35.3 Å². The second-order valence-corrected chi connectivity index (χ2v) is 7.02. The highest BCUT2D eigenvalue weighted by atomic mass is 16.3. The second kappa shape index (κ2) is 4.92. The first-order valence-electron chi connectivity index (χ1n) is 7.88. The molecule has 1 amide bonds. The van der Waals surface area contributed by atoms with Crippen molar-refractivity contribution in [3.63, 3.8) is 0 Å². The predicted octanol–water partition coefficient (Wildman–Crippen LogP) is 1.19. The van der Waals surface area contributed by atoms with Crippen molar-refractivity contribution in [2.45, 2.75) is 19.8 Å². The number of aromatic amines is 1. The molecule has 0 saturated carbocycles. The molecule has 2 saturated heterocycles. The molecule has 0 radical (unpaired) electrons. The molecule has 1 N–H and O–H groups in total. The van der Waals surface area contributed by atoms with E-state index >= 15 is 0 Å². The molecule has 2 aromatic rings. The molecule has 1 atom stereocenters. The maximum absolute atomic E-state index is 12.6. The Kier molecular flexibility index (Phi) is 3.09.